The first-order valence-corrected chi connectivity index (χ1v) is 7.13. The van der Waals surface area contributed by atoms with Crippen LogP contribution in [0.1, 0.15) is 43.0 Å². The number of anilines is 1. The lowest BCUT2D eigenvalue weighted by atomic mass is 10.2. The molecule has 1 saturated carbocycles. The lowest BCUT2D eigenvalue weighted by Crippen LogP contribution is -2.41. The largest absolute Gasteiger partial charge is 0.478 e. The highest BCUT2D eigenvalue weighted by molar-refractivity contribution is 5.92. The molecule has 0 unspecified atom stereocenters. The minimum Gasteiger partial charge on any atom is -0.478 e. The summed E-state index contributed by atoms with van der Waals surface area (Å²) in [7, 11) is 0. The van der Waals surface area contributed by atoms with E-state index >= 15 is 0 Å². The van der Waals surface area contributed by atoms with Gasteiger partial charge in [-0.3, -0.25) is 0 Å². The molecule has 2 N–H and O–H groups in total. The van der Waals surface area contributed by atoms with E-state index in [1.807, 2.05) is 6.92 Å². The number of nitrogens with zero attached hydrogens (tertiary/aromatic N) is 1. The molecule has 0 radical (unpaired) electrons. The number of carbonyl (C=O) groups is 2. The van der Waals surface area contributed by atoms with Crippen LogP contribution in [0.5, 0.6) is 0 Å². The molecular weight excluding hydrogens is 275 g/mol. The van der Waals surface area contributed by atoms with E-state index in [0.717, 1.165) is 31.7 Å². The predicted molar refractivity (Wildman–Crippen MR) is 77.0 cm³/mol. The van der Waals surface area contributed by atoms with Gasteiger partial charge in [0.2, 0.25) is 0 Å². The average Bonchev–Trinajstić information content (AvgIpc) is 2.95. The molecular formula is C15H19FN2O3. The molecule has 1 aromatic rings. The molecule has 6 heteroatoms. The molecule has 1 aliphatic rings. The van der Waals surface area contributed by atoms with Gasteiger partial charge in [0.1, 0.15) is 5.82 Å². The van der Waals surface area contributed by atoms with Crippen molar-refractivity contribution in [2.45, 2.75) is 38.6 Å². The topological polar surface area (TPSA) is 69.6 Å². The van der Waals surface area contributed by atoms with Crippen LogP contribution in [0.2, 0.25) is 0 Å². The van der Waals surface area contributed by atoms with E-state index in [2.05, 4.69) is 5.32 Å². The van der Waals surface area contributed by atoms with Gasteiger partial charge in [-0.2, -0.15) is 0 Å². The summed E-state index contributed by atoms with van der Waals surface area (Å²) in [6.07, 6.45) is 4.16. The fourth-order valence-corrected chi connectivity index (χ4v) is 2.72. The average molecular weight is 294 g/mol. The number of rotatable bonds is 4. The van der Waals surface area contributed by atoms with Crippen LogP contribution in [0.3, 0.4) is 0 Å². The fourth-order valence-electron chi connectivity index (χ4n) is 2.72. The maximum absolute atomic E-state index is 13.8. The number of carbonyl (C=O) groups excluding carboxylic acids is 1. The van der Waals surface area contributed by atoms with Crippen molar-refractivity contribution in [3.8, 4) is 0 Å². The maximum atomic E-state index is 13.8. The highest BCUT2D eigenvalue weighted by Crippen LogP contribution is 2.24. The van der Waals surface area contributed by atoms with Gasteiger partial charge in [-0.15, -0.1) is 0 Å². The van der Waals surface area contributed by atoms with Crippen LogP contribution in [0, 0.1) is 5.82 Å². The zero-order valence-electron chi connectivity index (χ0n) is 11.9. The SMILES string of the molecule is CCN(C(=O)Nc1ccc(C(=O)O)cc1F)C1CCCC1. The predicted octanol–water partition coefficient (Wildman–Crippen LogP) is 3.32. The van der Waals surface area contributed by atoms with Crippen LogP contribution in [0.4, 0.5) is 14.9 Å². The van der Waals surface area contributed by atoms with Crippen molar-refractivity contribution >= 4 is 17.7 Å². The van der Waals surface area contributed by atoms with Gasteiger partial charge in [-0.1, -0.05) is 12.8 Å². The Balaban J connectivity index is 2.09. The van der Waals surface area contributed by atoms with Crippen molar-refractivity contribution in [3.05, 3.63) is 29.6 Å². The summed E-state index contributed by atoms with van der Waals surface area (Å²) in [5.74, 6) is -1.95. The summed E-state index contributed by atoms with van der Waals surface area (Å²) in [5.41, 5.74) is -0.143. The molecule has 114 valence electrons. The number of urea groups is 1. The third kappa shape index (κ3) is 3.51. The Morgan fingerprint density at radius 1 is 1.38 bits per heavy atom. The molecule has 0 saturated heterocycles. The van der Waals surface area contributed by atoms with E-state index in [9.17, 15) is 14.0 Å². The third-order valence-corrected chi connectivity index (χ3v) is 3.82. The molecule has 1 aromatic carbocycles. The number of amides is 2. The smallest absolute Gasteiger partial charge is 0.335 e. The molecule has 2 rings (SSSR count). The summed E-state index contributed by atoms with van der Waals surface area (Å²) in [4.78, 5) is 24.7. The van der Waals surface area contributed by atoms with Gasteiger partial charge in [0.05, 0.1) is 11.3 Å². The summed E-state index contributed by atoms with van der Waals surface area (Å²) in [6, 6.07) is 3.32. The first-order valence-electron chi connectivity index (χ1n) is 7.13. The summed E-state index contributed by atoms with van der Waals surface area (Å²) in [6.45, 7) is 2.45. The zero-order valence-corrected chi connectivity index (χ0v) is 11.9. The van der Waals surface area contributed by atoms with Gasteiger partial charge < -0.3 is 15.3 Å². The van der Waals surface area contributed by atoms with Crippen LogP contribution >= 0.6 is 0 Å². The molecule has 0 aromatic heterocycles. The lowest BCUT2D eigenvalue weighted by molar-refractivity contribution is 0.0696. The van der Waals surface area contributed by atoms with Crippen LogP contribution in [0.15, 0.2) is 18.2 Å². The number of nitrogens with one attached hydrogen (secondary N) is 1. The Morgan fingerprint density at radius 2 is 2.05 bits per heavy atom. The molecule has 21 heavy (non-hydrogen) atoms. The number of halogens is 1. The maximum Gasteiger partial charge on any atom is 0.335 e. The highest BCUT2D eigenvalue weighted by Gasteiger charge is 2.25. The molecule has 1 fully saturated rings. The summed E-state index contributed by atoms with van der Waals surface area (Å²) < 4.78 is 13.8. The Bertz CT molecular complexity index is 542. The second kappa shape index (κ2) is 6.56. The Hall–Kier alpha value is -2.11. The number of carboxylic acids is 1. The first-order chi connectivity index (χ1) is 10.0. The van der Waals surface area contributed by atoms with Crippen molar-refractivity contribution in [1.82, 2.24) is 4.90 Å². The summed E-state index contributed by atoms with van der Waals surface area (Å²) in [5, 5.41) is 11.3. The van der Waals surface area contributed by atoms with Gasteiger partial charge in [0.25, 0.3) is 0 Å². The molecule has 0 aliphatic heterocycles. The van der Waals surface area contributed by atoms with Gasteiger partial charge in [0.15, 0.2) is 0 Å². The molecule has 5 nitrogen and oxygen atoms in total. The number of hydrogen-bond donors (Lipinski definition) is 2. The Labute approximate surface area is 122 Å². The minimum absolute atomic E-state index is 0.00134. The quantitative estimate of drug-likeness (QED) is 0.895. The third-order valence-electron chi connectivity index (χ3n) is 3.82. The van der Waals surface area contributed by atoms with E-state index in [1.165, 1.54) is 12.1 Å². The van der Waals surface area contributed by atoms with E-state index in [-0.39, 0.29) is 23.3 Å². The van der Waals surface area contributed by atoms with Crippen molar-refractivity contribution in [2.75, 3.05) is 11.9 Å². The number of carboxylic acid groups (broad SMARTS) is 1. The van der Waals surface area contributed by atoms with Crippen molar-refractivity contribution in [1.29, 1.82) is 0 Å². The normalized spacial score (nSPS) is 15.0. The van der Waals surface area contributed by atoms with E-state index < -0.39 is 11.8 Å². The molecule has 0 heterocycles. The van der Waals surface area contributed by atoms with Crippen LogP contribution in [-0.2, 0) is 0 Å². The monoisotopic (exact) mass is 294 g/mol. The van der Waals surface area contributed by atoms with Crippen LogP contribution in [-0.4, -0.2) is 34.6 Å². The molecule has 2 amide bonds. The van der Waals surface area contributed by atoms with Crippen LogP contribution in [0.25, 0.3) is 0 Å². The Morgan fingerprint density at radius 3 is 2.57 bits per heavy atom. The van der Waals surface area contributed by atoms with Gasteiger partial charge in [-0.05, 0) is 38.0 Å². The minimum atomic E-state index is -1.20. The fraction of sp³-hybridized carbons (Fsp3) is 0.467. The number of hydrogen-bond acceptors (Lipinski definition) is 2. The second-order valence-corrected chi connectivity index (χ2v) is 5.15. The first kappa shape index (κ1) is 15.3. The van der Waals surface area contributed by atoms with E-state index in [0.29, 0.717) is 6.54 Å². The zero-order chi connectivity index (χ0) is 15.4. The number of benzene rings is 1. The van der Waals surface area contributed by atoms with Gasteiger partial charge in [-0.25, -0.2) is 14.0 Å². The summed E-state index contributed by atoms with van der Waals surface area (Å²) >= 11 is 0. The van der Waals surface area contributed by atoms with E-state index in [4.69, 9.17) is 5.11 Å². The van der Waals surface area contributed by atoms with Crippen molar-refractivity contribution in [3.63, 3.8) is 0 Å². The molecule has 0 spiro atoms. The van der Waals surface area contributed by atoms with Crippen molar-refractivity contribution < 1.29 is 19.1 Å². The number of aromatic carboxylic acids is 1. The van der Waals surface area contributed by atoms with Crippen molar-refractivity contribution in [2.24, 2.45) is 0 Å². The standard InChI is InChI=1S/C15H19FN2O3/c1-2-18(11-5-3-4-6-11)15(21)17-13-8-7-10(14(19)20)9-12(13)16/h7-9,11H,2-6H2,1H3,(H,17,21)(H,19,20). The van der Waals surface area contributed by atoms with Crippen LogP contribution < -0.4 is 5.32 Å². The second-order valence-electron chi connectivity index (χ2n) is 5.15. The molecule has 1 aliphatic carbocycles. The Kier molecular flexibility index (Phi) is 4.77. The molecule has 0 bridgehead atoms. The molecule has 0 atom stereocenters. The van der Waals surface area contributed by atoms with Gasteiger partial charge >= 0.3 is 12.0 Å². The van der Waals surface area contributed by atoms with Gasteiger partial charge in [0, 0.05) is 12.6 Å². The van der Waals surface area contributed by atoms with E-state index in [1.54, 1.807) is 4.90 Å². The highest BCUT2D eigenvalue weighted by atomic mass is 19.1. The lowest BCUT2D eigenvalue weighted by Gasteiger charge is -2.27.